The number of aromatic nitrogens is 1. The first-order valence-electron chi connectivity index (χ1n) is 8.08. The Bertz CT molecular complexity index is 884. The van der Waals surface area contributed by atoms with Crippen molar-refractivity contribution < 1.29 is 18.0 Å². The molecule has 2 aromatic rings. The van der Waals surface area contributed by atoms with Crippen LogP contribution in [0.15, 0.2) is 54.0 Å². The van der Waals surface area contributed by atoms with Crippen molar-refractivity contribution in [1.29, 1.82) is 0 Å². The van der Waals surface area contributed by atoms with Crippen LogP contribution < -0.4 is 11.1 Å². The predicted octanol–water partition coefficient (Wildman–Crippen LogP) is 3.88. The van der Waals surface area contributed by atoms with Gasteiger partial charge in [-0.05, 0) is 24.3 Å². The van der Waals surface area contributed by atoms with Gasteiger partial charge in [0.1, 0.15) is 5.82 Å². The molecule has 1 aromatic heterocycles. The summed E-state index contributed by atoms with van der Waals surface area (Å²) in [7, 11) is 0. The molecule has 27 heavy (non-hydrogen) atoms. The van der Waals surface area contributed by atoms with Crippen LogP contribution in [0.5, 0.6) is 0 Å². The smallest absolute Gasteiger partial charge is 0.399 e. The summed E-state index contributed by atoms with van der Waals surface area (Å²) in [5.74, 6) is 0.0297. The van der Waals surface area contributed by atoms with Crippen LogP contribution in [0.4, 0.5) is 19.0 Å². The zero-order chi connectivity index (χ0) is 19.6. The van der Waals surface area contributed by atoms with E-state index in [1.165, 1.54) is 17.0 Å². The van der Waals surface area contributed by atoms with Gasteiger partial charge in [-0.2, -0.15) is 13.2 Å². The molecule has 142 valence electrons. The number of pyridine rings is 1. The summed E-state index contributed by atoms with van der Waals surface area (Å²) in [4.78, 5) is 18.2. The Morgan fingerprint density at radius 2 is 2.00 bits per heavy atom. The summed E-state index contributed by atoms with van der Waals surface area (Å²) < 4.78 is 39.0. The van der Waals surface area contributed by atoms with Crippen molar-refractivity contribution in [2.75, 3.05) is 18.4 Å². The molecule has 9 heteroatoms. The largest absolute Gasteiger partial charge is 0.417 e. The van der Waals surface area contributed by atoms with E-state index in [2.05, 4.69) is 10.3 Å². The fraction of sp³-hybridized carbons (Fsp3) is 0.222. The highest BCUT2D eigenvalue weighted by Gasteiger charge is 2.35. The molecule has 1 aliphatic heterocycles. The molecule has 1 amide bonds. The molecule has 1 aromatic carbocycles. The molecule has 0 fully saturated rings. The monoisotopic (exact) mass is 396 g/mol. The van der Waals surface area contributed by atoms with Crippen LogP contribution in [0.2, 0.25) is 5.02 Å². The van der Waals surface area contributed by atoms with Crippen LogP contribution in [-0.2, 0) is 6.18 Å². The second-order valence-electron chi connectivity index (χ2n) is 5.99. The molecular weight excluding hydrogens is 381 g/mol. The van der Waals surface area contributed by atoms with E-state index in [1.54, 1.807) is 18.3 Å². The number of anilines is 1. The maximum atomic E-state index is 13.0. The topological polar surface area (TPSA) is 71.2 Å². The minimum atomic E-state index is -4.63. The molecule has 0 saturated carbocycles. The van der Waals surface area contributed by atoms with Crippen LogP contribution in [0.1, 0.15) is 22.3 Å². The molecule has 3 rings (SSSR count). The van der Waals surface area contributed by atoms with E-state index in [1.807, 2.05) is 6.07 Å². The van der Waals surface area contributed by atoms with Crippen LogP contribution >= 0.6 is 11.6 Å². The van der Waals surface area contributed by atoms with Gasteiger partial charge in [0.15, 0.2) is 0 Å². The number of rotatable bonds is 3. The fourth-order valence-corrected chi connectivity index (χ4v) is 3.10. The third-order valence-electron chi connectivity index (χ3n) is 4.15. The minimum Gasteiger partial charge on any atom is -0.399 e. The van der Waals surface area contributed by atoms with Gasteiger partial charge < -0.3 is 16.0 Å². The minimum absolute atomic E-state index is 0.0839. The first-order chi connectivity index (χ1) is 12.8. The van der Waals surface area contributed by atoms with Gasteiger partial charge in [-0.25, -0.2) is 4.98 Å². The van der Waals surface area contributed by atoms with Gasteiger partial charge in [-0.1, -0.05) is 23.7 Å². The maximum Gasteiger partial charge on any atom is 0.417 e. The van der Waals surface area contributed by atoms with Crippen molar-refractivity contribution in [2.45, 2.75) is 12.6 Å². The maximum absolute atomic E-state index is 13.0. The van der Waals surface area contributed by atoms with Gasteiger partial charge in [0, 0.05) is 30.6 Å². The molecule has 0 atom stereocenters. The van der Waals surface area contributed by atoms with Crippen molar-refractivity contribution in [3.8, 4) is 0 Å². The van der Waals surface area contributed by atoms with Crippen molar-refractivity contribution >= 4 is 23.3 Å². The Kier molecular flexibility index (Phi) is 5.27. The molecule has 0 saturated heterocycles. The Balaban J connectivity index is 1.79. The van der Waals surface area contributed by atoms with Gasteiger partial charge in [0.2, 0.25) is 0 Å². The quantitative estimate of drug-likeness (QED) is 0.826. The highest BCUT2D eigenvalue weighted by Crippen LogP contribution is 2.36. The summed E-state index contributed by atoms with van der Waals surface area (Å²) in [6.45, 7) is 0.377. The van der Waals surface area contributed by atoms with Crippen LogP contribution in [0.3, 0.4) is 0 Å². The third kappa shape index (κ3) is 4.16. The van der Waals surface area contributed by atoms with Crippen LogP contribution in [-0.4, -0.2) is 28.9 Å². The number of halogens is 4. The number of hydrogen-bond acceptors (Lipinski definition) is 4. The molecule has 1 aliphatic rings. The lowest BCUT2D eigenvalue weighted by atomic mass is 10.1. The second-order valence-corrected chi connectivity index (χ2v) is 6.36. The summed E-state index contributed by atoms with van der Waals surface area (Å²) >= 11 is 5.85. The summed E-state index contributed by atoms with van der Waals surface area (Å²) in [6.07, 6.45) is -2.58. The normalized spacial score (nSPS) is 15.0. The molecule has 0 radical (unpaired) electrons. The average molecular weight is 397 g/mol. The standard InChI is InChI=1S/C18H16ClF3N4O/c19-16-11(4-3-5-12(16)18(20,21)22)17(27)26-9-7-14(13(23)10-26)25-15-6-1-2-8-24-15/h1-6,8H,7,9-10,23H2,(H,24,25). The molecule has 0 spiro atoms. The van der Waals surface area contributed by atoms with E-state index in [0.29, 0.717) is 24.5 Å². The van der Waals surface area contributed by atoms with E-state index >= 15 is 0 Å². The Hall–Kier alpha value is -2.74. The molecule has 3 N–H and O–H groups in total. The zero-order valence-electron chi connectivity index (χ0n) is 14.1. The summed E-state index contributed by atoms with van der Waals surface area (Å²) in [5, 5.41) is 2.50. The third-order valence-corrected chi connectivity index (χ3v) is 4.55. The van der Waals surface area contributed by atoms with Gasteiger partial charge in [-0.15, -0.1) is 0 Å². The number of nitrogens with one attached hydrogen (secondary N) is 1. The van der Waals surface area contributed by atoms with Gasteiger partial charge in [-0.3, -0.25) is 4.79 Å². The van der Waals surface area contributed by atoms with Crippen LogP contribution in [0, 0.1) is 0 Å². The van der Waals surface area contributed by atoms with E-state index in [9.17, 15) is 18.0 Å². The lowest BCUT2D eigenvalue weighted by Crippen LogP contribution is -2.40. The number of hydrogen-bond donors (Lipinski definition) is 2. The van der Waals surface area contributed by atoms with Crippen molar-refractivity contribution in [2.24, 2.45) is 5.73 Å². The molecule has 0 unspecified atom stereocenters. The molecule has 0 bridgehead atoms. The number of carbonyl (C=O) groups is 1. The van der Waals surface area contributed by atoms with E-state index in [-0.39, 0.29) is 12.1 Å². The number of carbonyl (C=O) groups excluding carboxylic acids is 1. The Morgan fingerprint density at radius 1 is 1.22 bits per heavy atom. The predicted molar refractivity (Wildman–Crippen MR) is 96.0 cm³/mol. The zero-order valence-corrected chi connectivity index (χ0v) is 14.8. The van der Waals surface area contributed by atoms with Gasteiger partial charge in [0.05, 0.1) is 22.7 Å². The molecule has 0 aliphatic carbocycles. The lowest BCUT2D eigenvalue weighted by molar-refractivity contribution is -0.137. The summed E-state index contributed by atoms with van der Waals surface area (Å²) in [6, 6.07) is 8.67. The van der Waals surface area contributed by atoms with Gasteiger partial charge in [0.25, 0.3) is 5.91 Å². The Labute approximate surface area is 158 Å². The van der Waals surface area contributed by atoms with Crippen LogP contribution in [0.25, 0.3) is 0 Å². The fourth-order valence-electron chi connectivity index (χ4n) is 2.78. The number of benzene rings is 1. The number of nitrogens with two attached hydrogens (primary N) is 1. The second kappa shape index (κ2) is 7.48. The highest BCUT2D eigenvalue weighted by molar-refractivity contribution is 6.34. The SMILES string of the molecule is NC1=C(Nc2ccccn2)CCN(C(=O)c2cccc(C(F)(F)F)c2Cl)C1. The first kappa shape index (κ1) is 19.0. The molecular formula is C18H16ClF3N4O. The van der Waals surface area contributed by atoms with Crippen molar-refractivity contribution in [3.63, 3.8) is 0 Å². The lowest BCUT2D eigenvalue weighted by Gasteiger charge is -2.30. The number of alkyl halides is 3. The molecule has 5 nitrogen and oxygen atoms in total. The first-order valence-corrected chi connectivity index (χ1v) is 8.45. The highest BCUT2D eigenvalue weighted by atomic mass is 35.5. The number of nitrogens with zero attached hydrogens (tertiary/aromatic N) is 2. The van der Waals surface area contributed by atoms with Crippen molar-refractivity contribution in [3.05, 3.63) is 70.1 Å². The van der Waals surface area contributed by atoms with Crippen molar-refractivity contribution in [1.82, 2.24) is 9.88 Å². The Morgan fingerprint density at radius 3 is 2.63 bits per heavy atom. The van der Waals surface area contributed by atoms with E-state index in [4.69, 9.17) is 17.3 Å². The average Bonchev–Trinajstić information content (AvgIpc) is 2.63. The van der Waals surface area contributed by atoms with Gasteiger partial charge >= 0.3 is 6.18 Å². The summed E-state index contributed by atoms with van der Waals surface area (Å²) in [5.41, 5.74) is 5.97. The van der Waals surface area contributed by atoms with E-state index in [0.717, 1.165) is 11.8 Å². The molecule has 2 heterocycles. The number of amides is 1. The van der Waals surface area contributed by atoms with E-state index < -0.39 is 22.7 Å².